The Hall–Kier alpha value is -3.13. The van der Waals surface area contributed by atoms with Crippen molar-refractivity contribution in [1.82, 2.24) is 15.0 Å². The summed E-state index contributed by atoms with van der Waals surface area (Å²) in [6.45, 7) is 0.430. The standard InChI is InChI=1S/C16H12N4O/c17-8-4-7-13-9-18-15-14(13)16(20-11-19-15)21-10-12-5-2-1-3-6-12/h1-7,9,11H,10H2,(H,18,19,20)/b7-4-. The van der Waals surface area contributed by atoms with Crippen molar-refractivity contribution in [1.29, 1.82) is 5.26 Å². The van der Waals surface area contributed by atoms with Crippen LogP contribution in [0.15, 0.2) is 48.9 Å². The lowest BCUT2D eigenvalue weighted by molar-refractivity contribution is 0.297. The molecule has 0 aliphatic rings. The fraction of sp³-hybridized carbons (Fsp3) is 0.0625. The molecule has 1 aromatic carbocycles. The first-order chi connectivity index (χ1) is 10.4. The monoisotopic (exact) mass is 276 g/mol. The predicted octanol–water partition coefficient (Wildman–Crippen LogP) is 3.07. The largest absolute Gasteiger partial charge is 0.472 e. The molecule has 0 radical (unpaired) electrons. The van der Waals surface area contributed by atoms with E-state index in [1.807, 2.05) is 36.4 Å². The minimum atomic E-state index is 0.430. The molecule has 2 aromatic heterocycles. The van der Waals surface area contributed by atoms with Crippen LogP contribution >= 0.6 is 0 Å². The van der Waals surface area contributed by atoms with Gasteiger partial charge in [-0.05, 0) is 11.6 Å². The summed E-state index contributed by atoms with van der Waals surface area (Å²) in [7, 11) is 0. The van der Waals surface area contributed by atoms with Gasteiger partial charge in [-0.25, -0.2) is 9.97 Å². The molecule has 3 rings (SSSR count). The number of allylic oxidation sites excluding steroid dienone is 1. The molecule has 0 saturated carbocycles. The maximum atomic E-state index is 8.65. The minimum Gasteiger partial charge on any atom is -0.472 e. The van der Waals surface area contributed by atoms with Crippen molar-refractivity contribution in [2.75, 3.05) is 0 Å². The third-order valence-electron chi connectivity index (χ3n) is 3.02. The molecule has 1 N–H and O–H groups in total. The molecular formula is C16H12N4O. The number of nitrogens with one attached hydrogen (secondary N) is 1. The summed E-state index contributed by atoms with van der Waals surface area (Å²) in [6, 6.07) is 11.8. The average Bonchev–Trinajstić information content (AvgIpc) is 2.96. The van der Waals surface area contributed by atoms with Crippen LogP contribution in [0.4, 0.5) is 0 Å². The van der Waals surface area contributed by atoms with Crippen LogP contribution in [0.2, 0.25) is 0 Å². The van der Waals surface area contributed by atoms with Crippen molar-refractivity contribution < 1.29 is 4.74 Å². The van der Waals surface area contributed by atoms with Gasteiger partial charge in [0.2, 0.25) is 5.88 Å². The molecule has 2 heterocycles. The van der Waals surface area contributed by atoms with E-state index in [9.17, 15) is 0 Å². The molecule has 21 heavy (non-hydrogen) atoms. The van der Waals surface area contributed by atoms with Crippen LogP contribution in [0.5, 0.6) is 5.88 Å². The van der Waals surface area contributed by atoms with Gasteiger partial charge >= 0.3 is 0 Å². The zero-order chi connectivity index (χ0) is 14.5. The van der Waals surface area contributed by atoms with E-state index < -0.39 is 0 Å². The van der Waals surface area contributed by atoms with Crippen LogP contribution in [-0.4, -0.2) is 15.0 Å². The predicted molar refractivity (Wildman–Crippen MR) is 79.3 cm³/mol. The lowest BCUT2D eigenvalue weighted by atomic mass is 10.2. The number of nitrogens with zero attached hydrogens (tertiary/aromatic N) is 3. The second kappa shape index (κ2) is 5.88. The molecule has 0 bridgehead atoms. The number of hydrogen-bond acceptors (Lipinski definition) is 4. The zero-order valence-corrected chi connectivity index (χ0v) is 11.2. The Labute approximate surface area is 121 Å². The van der Waals surface area contributed by atoms with Crippen LogP contribution in [0.3, 0.4) is 0 Å². The molecule has 0 atom stereocenters. The van der Waals surface area contributed by atoms with Gasteiger partial charge in [0.15, 0.2) is 0 Å². The molecule has 0 fully saturated rings. The van der Waals surface area contributed by atoms with Gasteiger partial charge < -0.3 is 9.72 Å². The fourth-order valence-electron chi connectivity index (χ4n) is 2.05. The van der Waals surface area contributed by atoms with Crippen LogP contribution in [0.1, 0.15) is 11.1 Å². The van der Waals surface area contributed by atoms with Crippen molar-refractivity contribution in [3.63, 3.8) is 0 Å². The Balaban J connectivity index is 1.93. The number of H-pyrrole nitrogens is 1. The Morgan fingerprint density at radius 1 is 1.24 bits per heavy atom. The average molecular weight is 276 g/mol. The zero-order valence-electron chi connectivity index (χ0n) is 11.2. The van der Waals surface area contributed by atoms with Gasteiger partial charge in [0.25, 0.3) is 0 Å². The Morgan fingerprint density at radius 2 is 2.10 bits per heavy atom. The van der Waals surface area contributed by atoms with E-state index in [1.165, 1.54) is 12.4 Å². The van der Waals surface area contributed by atoms with E-state index in [2.05, 4.69) is 15.0 Å². The van der Waals surface area contributed by atoms with Crippen molar-refractivity contribution in [2.24, 2.45) is 0 Å². The van der Waals surface area contributed by atoms with E-state index >= 15 is 0 Å². The van der Waals surface area contributed by atoms with Gasteiger partial charge in [0, 0.05) is 17.8 Å². The highest BCUT2D eigenvalue weighted by Crippen LogP contribution is 2.26. The number of nitriles is 1. The van der Waals surface area contributed by atoms with Crippen LogP contribution in [0, 0.1) is 11.3 Å². The Kier molecular flexibility index (Phi) is 3.61. The summed E-state index contributed by atoms with van der Waals surface area (Å²) in [6.07, 6.45) is 6.35. The van der Waals surface area contributed by atoms with E-state index in [0.717, 1.165) is 16.5 Å². The van der Waals surface area contributed by atoms with Crippen molar-refractivity contribution in [2.45, 2.75) is 6.61 Å². The van der Waals surface area contributed by atoms with E-state index in [0.29, 0.717) is 18.1 Å². The third-order valence-corrected chi connectivity index (χ3v) is 3.02. The summed E-state index contributed by atoms with van der Waals surface area (Å²) < 4.78 is 5.80. The number of hydrogen-bond donors (Lipinski definition) is 1. The SMILES string of the molecule is N#C/C=C\c1c[nH]c2ncnc(OCc3ccccc3)c12. The lowest BCUT2D eigenvalue weighted by Crippen LogP contribution is -1.98. The van der Waals surface area contributed by atoms with E-state index in [1.54, 1.807) is 12.3 Å². The molecule has 3 aromatic rings. The highest BCUT2D eigenvalue weighted by molar-refractivity contribution is 5.90. The highest BCUT2D eigenvalue weighted by atomic mass is 16.5. The normalized spacial score (nSPS) is 10.8. The number of aromatic nitrogens is 3. The molecule has 0 aliphatic heterocycles. The smallest absolute Gasteiger partial charge is 0.227 e. The summed E-state index contributed by atoms with van der Waals surface area (Å²) in [5, 5.41) is 9.43. The molecule has 0 aliphatic carbocycles. The summed E-state index contributed by atoms with van der Waals surface area (Å²) in [5.74, 6) is 0.502. The van der Waals surface area contributed by atoms with Crippen LogP contribution < -0.4 is 4.74 Å². The third kappa shape index (κ3) is 2.74. The number of ether oxygens (including phenoxy) is 1. The van der Waals surface area contributed by atoms with Gasteiger partial charge in [0.05, 0.1) is 11.5 Å². The first kappa shape index (κ1) is 12.9. The van der Waals surface area contributed by atoms with Gasteiger partial charge in [-0.3, -0.25) is 0 Å². The maximum absolute atomic E-state index is 8.65. The number of benzene rings is 1. The molecule has 0 amide bonds. The van der Waals surface area contributed by atoms with Gasteiger partial charge in [-0.2, -0.15) is 5.26 Å². The number of aromatic amines is 1. The Morgan fingerprint density at radius 3 is 2.90 bits per heavy atom. The second-order valence-electron chi connectivity index (χ2n) is 4.38. The molecule has 0 saturated heterocycles. The molecule has 5 nitrogen and oxygen atoms in total. The first-order valence-corrected chi connectivity index (χ1v) is 6.43. The molecule has 5 heteroatoms. The van der Waals surface area contributed by atoms with Crippen molar-refractivity contribution in [3.8, 4) is 11.9 Å². The molecule has 0 unspecified atom stereocenters. The molecular weight excluding hydrogens is 264 g/mol. The maximum Gasteiger partial charge on any atom is 0.227 e. The van der Waals surface area contributed by atoms with Gasteiger partial charge in [-0.1, -0.05) is 30.3 Å². The van der Waals surface area contributed by atoms with E-state index in [-0.39, 0.29) is 0 Å². The summed E-state index contributed by atoms with van der Waals surface area (Å²) in [4.78, 5) is 11.4. The fourth-order valence-corrected chi connectivity index (χ4v) is 2.05. The Bertz CT molecular complexity index is 815. The topological polar surface area (TPSA) is 74.6 Å². The van der Waals surface area contributed by atoms with Crippen molar-refractivity contribution >= 4 is 17.1 Å². The molecule has 0 spiro atoms. The number of rotatable bonds is 4. The second-order valence-corrected chi connectivity index (χ2v) is 4.38. The van der Waals surface area contributed by atoms with Gasteiger partial charge in [0.1, 0.15) is 18.6 Å². The minimum absolute atomic E-state index is 0.430. The highest BCUT2D eigenvalue weighted by Gasteiger charge is 2.10. The van der Waals surface area contributed by atoms with Crippen LogP contribution in [-0.2, 0) is 6.61 Å². The lowest BCUT2D eigenvalue weighted by Gasteiger charge is -2.06. The van der Waals surface area contributed by atoms with Gasteiger partial charge in [-0.15, -0.1) is 0 Å². The van der Waals surface area contributed by atoms with E-state index in [4.69, 9.17) is 10.00 Å². The summed E-state index contributed by atoms with van der Waals surface area (Å²) >= 11 is 0. The quantitative estimate of drug-likeness (QED) is 0.743. The molecule has 102 valence electrons. The number of fused-ring (bicyclic) bond motifs is 1. The summed E-state index contributed by atoms with van der Waals surface area (Å²) in [5.41, 5.74) is 2.58. The van der Waals surface area contributed by atoms with Crippen molar-refractivity contribution in [3.05, 3.63) is 60.1 Å². The van der Waals surface area contributed by atoms with Crippen LogP contribution in [0.25, 0.3) is 17.1 Å². The first-order valence-electron chi connectivity index (χ1n) is 6.43.